The van der Waals surface area contributed by atoms with Crippen LogP contribution in [0.15, 0.2) is 29.2 Å². The molecule has 9 heteroatoms. The zero-order valence-electron chi connectivity index (χ0n) is 16.5. The molecule has 1 aliphatic heterocycles. The van der Waals surface area contributed by atoms with Crippen LogP contribution in [0.25, 0.3) is 0 Å². The van der Waals surface area contributed by atoms with Crippen LogP contribution in [-0.2, 0) is 35.5 Å². The number of esters is 1. The van der Waals surface area contributed by atoms with Gasteiger partial charge in [0.1, 0.15) is 0 Å². The number of hydrogen-bond acceptors (Lipinski definition) is 6. The van der Waals surface area contributed by atoms with E-state index in [0.29, 0.717) is 32.7 Å². The van der Waals surface area contributed by atoms with E-state index in [2.05, 4.69) is 5.32 Å². The van der Waals surface area contributed by atoms with E-state index in [1.54, 1.807) is 24.3 Å². The third kappa shape index (κ3) is 6.25. The van der Waals surface area contributed by atoms with Crippen molar-refractivity contribution in [2.24, 2.45) is 0 Å². The van der Waals surface area contributed by atoms with Crippen LogP contribution in [0, 0.1) is 0 Å². The highest BCUT2D eigenvalue weighted by atomic mass is 32.2. The average molecular weight is 425 g/mol. The monoisotopic (exact) mass is 424 g/mol. The first-order valence-electron chi connectivity index (χ1n) is 10.1. The van der Waals surface area contributed by atoms with Crippen molar-refractivity contribution < 1.29 is 27.5 Å². The molecule has 3 rings (SSSR count). The highest BCUT2D eigenvalue weighted by Gasteiger charge is 2.26. The van der Waals surface area contributed by atoms with Gasteiger partial charge in [0.2, 0.25) is 10.0 Å². The minimum Gasteiger partial charge on any atom is -0.456 e. The van der Waals surface area contributed by atoms with Crippen LogP contribution in [0.3, 0.4) is 0 Å². The Labute approximate surface area is 171 Å². The minimum absolute atomic E-state index is 0.131. The van der Waals surface area contributed by atoms with Crippen LogP contribution in [0.5, 0.6) is 0 Å². The van der Waals surface area contributed by atoms with Gasteiger partial charge in [-0.2, -0.15) is 4.31 Å². The summed E-state index contributed by atoms with van der Waals surface area (Å²) in [6, 6.07) is 6.72. The number of amides is 1. The van der Waals surface area contributed by atoms with Crippen molar-refractivity contribution in [3.63, 3.8) is 0 Å². The molecule has 1 saturated heterocycles. The molecule has 2 aliphatic rings. The number of nitrogens with one attached hydrogen (secondary N) is 1. The predicted octanol–water partition coefficient (Wildman–Crippen LogP) is 1.24. The SMILES string of the molecule is O=C(COC(=O)CCc1ccc(S(=O)(=O)N2CCOCC2)cc1)NC1CCCC1. The smallest absolute Gasteiger partial charge is 0.306 e. The highest BCUT2D eigenvalue weighted by molar-refractivity contribution is 7.89. The summed E-state index contributed by atoms with van der Waals surface area (Å²) in [6.45, 7) is 1.25. The van der Waals surface area contributed by atoms with Gasteiger partial charge in [-0.3, -0.25) is 9.59 Å². The Morgan fingerprint density at radius 3 is 2.41 bits per heavy atom. The molecular formula is C20H28N2O6S. The number of sulfonamides is 1. The van der Waals surface area contributed by atoms with Gasteiger partial charge in [0.05, 0.1) is 18.1 Å². The van der Waals surface area contributed by atoms with Crippen LogP contribution in [0.1, 0.15) is 37.7 Å². The number of aryl methyl sites for hydroxylation is 1. The summed E-state index contributed by atoms with van der Waals surface area (Å²) < 4.78 is 36.8. The van der Waals surface area contributed by atoms with Crippen molar-refractivity contribution in [2.45, 2.75) is 49.5 Å². The molecular weight excluding hydrogens is 396 g/mol. The minimum atomic E-state index is -3.52. The number of morpholine rings is 1. The van der Waals surface area contributed by atoms with Gasteiger partial charge in [0.25, 0.3) is 5.91 Å². The number of carbonyl (C=O) groups is 2. The molecule has 2 fully saturated rings. The van der Waals surface area contributed by atoms with Gasteiger partial charge in [-0.15, -0.1) is 0 Å². The van der Waals surface area contributed by atoms with Gasteiger partial charge in [0, 0.05) is 25.6 Å². The molecule has 29 heavy (non-hydrogen) atoms. The van der Waals surface area contributed by atoms with Gasteiger partial charge in [-0.05, 0) is 37.0 Å². The number of hydrogen-bond donors (Lipinski definition) is 1. The fraction of sp³-hybridized carbons (Fsp3) is 0.600. The van der Waals surface area contributed by atoms with Crippen molar-refractivity contribution in [3.05, 3.63) is 29.8 Å². The topological polar surface area (TPSA) is 102 Å². The van der Waals surface area contributed by atoms with E-state index in [9.17, 15) is 18.0 Å². The van der Waals surface area contributed by atoms with Gasteiger partial charge in [0.15, 0.2) is 6.61 Å². The second-order valence-corrected chi connectivity index (χ2v) is 9.31. The summed E-state index contributed by atoms with van der Waals surface area (Å²) in [5, 5.41) is 2.87. The Kier molecular flexibility index (Phi) is 7.63. The first-order valence-corrected chi connectivity index (χ1v) is 11.5. The highest BCUT2D eigenvalue weighted by Crippen LogP contribution is 2.19. The summed E-state index contributed by atoms with van der Waals surface area (Å²) in [7, 11) is -3.52. The maximum atomic E-state index is 12.6. The quantitative estimate of drug-likeness (QED) is 0.630. The molecule has 1 aromatic carbocycles. The Balaban J connectivity index is 1.42. The molecule has 0 unspecified atom stereocenters. The maximum Gasteiger partial charge on any atom is 0.306 e. The van der Waals surface area contributed by atoms with Crippen LogP contribution >= 0.6 is 0 Å². The van der Waals surface area contributed by atoms with Crippen molar-refractivity contribution >= 4 is 21.9 Å². The largest absolute Gasteiger partial charge is 0.456 e. The van der Waals surface area contributed by atoms with Crippen molar-refractivity contribution in [1.29, 1.82) is 0 Å². The molecule has 1 aliphatic carbocycles. The molecule has 1 N–H and O–H groups in total. The van der Waals surface area contributed by atoms with E-state index < -0.39 is 16.0 Å². The Morgan fingerprint density at radius 2 is 1.76 bits per heavy atom. The second kappa shape index (κ2) is 10.2. The van der Waals surface area contributed by atoms with Gasteiger partial charge >= 0.3 is 5.97 Å². The predicted molar refractivity (Wildman–Crippen MR) is 106 cm³/mol. The maximum absolute atomic E-state index is 12.6. The number of ether oxygens (including phenoxy) is 2. The van der Waals surface area contributed by atoms with E-state index in [-0.39, 0.29) is 29.9 Å². The summed E-state index contributed by atoms with van der Waals surface area (Å²) in [6.07, 6.45) is 4.76. The first-order chi connectivity index (χ1) is 13.9. The molecule has 1 saturated carbocycles. The molecule has 1 aromatic rings. The van der Waals surface area contributed by atoms with E-state index in [1.165, 1.54) is 4.31 Å². The molecule has 1 heterocycles. The van der Waals surface area contributed by atoms with E-state index in [0.717, 1.165) is 31.2 Å². The van der Waals surface area contributed by atoms with E-state index in [1.807, 2.05) is 0 Å². The van der Waals surface area contributed by atoms with Crippen LogP contribution < -0.4 is 5.32 Å². The Bertz CT molecular complexity index is 797. The molecule has 0 radical (unpaired) electrons. The van der Waals surface area contributed by atoms with Crippen LogP contribution in [0.4, 0.5) is 0 Å². The number of carbonyl (C=O) groups excluding carboxylic acids is 2. The molecule has 1 amide bonds. The van der Waals surface area contributed by atoms with E-state index >= 15 is 0 Å². The van der Waals surface area contributed by atoms with Crippen molar-refractivity contribution in [2.75, 3.05) is 32.9 Å². The third-order valence-corrected chi connectivity index (χ3v) is 7.15. The molecule has 0 aromatic heterocycles. The second-order valence-electron chi connectivity index (χ2n) is 7.37. The lowest BCUT2D eigenvalue weighted by molar-refractivity contribution is -0.148. The molecule has 8 nitrogen and oxygen atoms in total. The van der Waals surface area contributed by atoms with Gasteiger partial charge in [-0.1, -0.05) is 25.0 Å². The standard InChI is InChI=1S/C20H28N2O6S/c23-19(21-17-3-1-2-4-17)15-28-20(24)10-7-16-5-8-18(9-6-16)29(25,26)22-11-13-27-14-12-22/h5-6,8-9,17H,1-4,7,10-15H2,(H,21,23). The summed E-state index contributed by atoms with van der Waals surface area (Å²) in [5.74, 6) is -0.709. The Morgan fingerprint density at radius 1 is 1.10 bits per heavy atom. The zero-order chi connectivity index (χ0) is 20.7. The van der Waals surface area contributed by atoms with Crippen molar-refractivity contribution in [1.82, 2.24) is 9.62 Å². The number of nitrogens with zero attached hydrogens (tertiary/aromatic N) is 1. The molecule has 0 spiro atoms. The Hall–Kier alpha value is -1.97. The first kappa shape index (κ1) is 21.7. The number of benzene rings is 1. The van der Waals surface area contributed by atoms with E-state index in [4.69, 9.17) is 9.47 Å². The lowest BCUT2D eigenvalue weighted by Crippen LogP contribution is -2.40. The summed E-state index contributed by atoms with van der Waals surface area (Å²) in [4.78, 5) is 23.9. The number of rotatable bonds is 8. The zero-order valence-corrected chi connectivity index (χ0v) is 17.3. The summed E-state index contributed by atoms with van der Waals surface area (Å²) in [5.41, 5.74) is 0.832. The lowest BCUT2D eigenvalue weighted by Gasteiger charge is -2.26. The van der Waals surface area contributed by atoms with Crippen LogP contribution in [-0.4, -0.2) is 63.6 Å². The lowest BCUT2D eigenvalue weighted by atomic mass is 10.1. The summed E-state index contributed by atoms with van der Waals surface area (Å²) >= 11 is 0. The van der Waals surface area contributed by atoms with Gasteiger partial charge < -0.3 is 14.8 Å². The molecule has 160 valence electrons. The van der Waals surface area contributed by atoms with Gasteiger partial charge in [-0.25, -0.2) is 8.42 Å². The average Bonchev–Trinajstić information content (AvgIpc) is 3.24. The normalized spacial score (nSPS) is 18.5. The molecule has 0 atom stereocenters. The van der Waals surface area contributed by atoms with Crippen LogP contribution in [0.2, 0.25) is 0 Å². The van der Waals surface area contributed by atoms with Crippen molar-refractivity contribution in [3.8, 4) is 0 Å². The third-order valence-electron chi connectivity index (χ3n) is 5.23. The fourth-order valence-corrected chi connectivity index (χ4v) is 4.98. The fourth-order valence-electron chi connectivity index (χ4n) is 3.57. The molecule has 0 bridgehead atoms.